The Kier molecular flexibility index (Phi) is 47.9. The molecular weight excluding hydrogens is 1810 g/mol. The van der Waals surface area contributed by atoms with Crippen LogP contribution < -0.4 is 121 Å². The minimum atomic E-state index is -0.0843. The Morgan fingerprint density at radius 3 is 0.742 bits per heavy atom. The predicted octanol–water partition coefficient (Wildman–Crippen LogP) is 21.6. The van der Waals surface area contributed by atoms with Gasteiger partial charge in [0.1, 0.15) is 75.9 Å². The van der Waals surface area contributed by atoms with Gasteiger partial charge in [-0.25, -0.2) is 0 Å². The van der Waals surface area contributed by atoms with Crippen molar-refractivity contribution in [2.45, 2.75) is 271 Å². The summed E-state index contributed by atoms with van der Waals surface area (Å²) in [5.41, 5.74) is 36.2. The molecule has 0 spiro atoms. The molecule has 0 saturated carbocycles. The van der Waals surface area contributed by atoms with Crippen LogP contribution in [0.3, 0.4) is 0 Å². The van der Waals surface area contributed by atoms with E-state index in [4.69, 9.17) is 121 Å². The summed E-state index contributed by atoms with van der Waals surface area (Å²) in [6, 6.07) is 0. The molecule has 0 aliphatic carbocycles. The molecule has 8 aromatic carbocycles. The van der Waals surface area contributed by atoms with E-state index >= 15 is 0 Å². The van der Waals surface area contributed by atoms with Crippen molar-refractivity contribution in [3.05, 3.63) is 123 Å². The van der Waals surface area contributed by atoms with Gasteiger partial charge in [0.2, 0.25) is 43.4 Å². The smallest absolute Gasteiger partial charge is 0.224 e. The molecule has 0 unspecified atom stereocenters. The second-order valence-electron chi connectivity index (χ2n) is 45.1. The topological polar surface area (TPSA) is 285 Å². The summed E-state index contributed by atoms with van der Waals surface area (Å²) in [6.45, 7) is 70.6. The molecule has 0 heterocycles. The summed E-state index contributed by atoms with van der Waals surface area (Å²) in [4.78, 5) is 113. The van der Waals surface area contributed by atoms with Crippen LogP contribution in [0.1, 0.15) is 270 Å². The van der Waals surface area contributed by atoms with Crippen LogP contribution in [0.5, 0.6) is 0 Å². The van der Waals surface area contributed by atoms with E-state index in [0.29, 0.717) is 78.6 Å². The van der Waals surface area contributed by atoms with Crippen molar-refractivity contribution >= 4 is 183 Å². The minimum Gasteiger partial charge on any atom is -0.397 e. The summed E-state index contributed by atoms with van der Waals surface area (Å²) in [5, 5.41) is 3.17. The Morgan fingerprint density at radius 1 is 0.242 bits per heavy atom. The van der Waals surface area contributed by atoms with E-state index in [1.807, 2.05) is 117 Å². The van der Waals surface area contributed by atoms with E-state index in [1.54, 1.807) is 0 Å². The number of nitrogens with two attached hydrogens (primary N) is 4. The Morgan fingerprint density at radius 2 is 0.477 bits per heavy atom. The van der Waals surface area contributed by atoms with Crippen LogP contribution in [0.2, 0.25) is 0 Å². The van der Waals surface area contributed by atoms with E-state index in [1.165, 1.54) is 0 Å². The fraction of sp³-hybridized carbons (Fsp3) is 0.683. The molecule has 744 valence electrons. The molecule has 0 radical (unpaired) electrons. The number of nitrogens with one attached hydrogen (secondary N) is 1. The first-order chi connectivity index (χ1) is 59.9. The van der Waals surface area contributed by atoms with Crippen molar-refractivity contribution < 1.29 is 0 Å². The maximum atomic E-state index is 12.0. The number of anilines is 15. The van der Waals surface area contributed by atoms with Crippen LogP contribution in [-0.2, 0) is 6.42 Å². The zero-order valence-corrected chi connectivity index (χ0v) is 94.6. The van der Waals surface area contributed by atoms with Gasteiger partial charge in [0, 0.05) is 148 Å². The molecule has 8 rings (SSSR count). The summed E-state index contributed by atoms with van der Waals surface area (Å²) in [6.07, 6.45) is 12.5. The zero-order valence-electron chi connectivity index (χ0n) is 88.1. The summed E-state index contributed by atoms with van der Waals surface area (Å²) in [7, 11) is 19.4. The lowest BCUT2D eigenvalue weighted by Gasteiger charge is -2.32. The van der Waals surface area contributed by atoms with Crippen molar-refractivity contribution in [2.75, 3.05) is 220 Å². The molecule has 0 saturated heterocycles. The van der Waals surface area contributed by atoms with E-state index < -0.39 is 0 Å². The van der Waals surface area contributed by atoms with Gasteiger partial charge in [0.15, 0.2) is 0 Å². The third-order valence-electron chi connectivity index (χ3n) is 22.9. The first-order valence-electron chi connectivity index (χ1n) is 46.4. The number of nitrogens with zero attached hydrogens (tertiary/aromatic N) is 10. The third kappa shape index (κ3) is 37.5. The molecule has 9 N–H and O–H groups in total. The van der Waals surface area contributed by atoms with Gasteiger partial charge >= 0.3 is 0 Å². The molecule has 0 aromatic heterocycles. The molecule has 0 bridgehead atoms. The second-order valence-corrected chi connectivity index (χ2v) is 48.4. The molecule has 0 atom stereocenters. The van der Waals surface area contributed by atoms with Crippen LogP contribution in [0.4, 0.5) is 85.3 Å². The summed E-state index contributed by atoms with van der Waals surface area (Å²) >= 11 is 39.8. The van der Waals surface area contributed by atoms with Crippen LogP contribution in [-0.4, -0.2) is 142 Å². The van der Waals surface area contributed by atoms with Crippen molar-refractivity contribution in [3.8, 4) is 0 Å². The molecule has 132 heavy (non-hydrogen) atoms. The van der Waals surface area contributed by atoms with Gasteiger partial charge in [-0.1, -0.05) is 264 Å². The normalized spacial score (nSPS) is 12.0. The van der Waals surface area contributed by atoms with Crippen LogP contribution in [0.15, 0.2) is 38.4 Å². The maximum absolute atomic E-state index is 12.0. The lowest BCUT2D eigenvalue weighted by atomic mass is 9.88. The largest absolute Gasteiger partial charge is 0.397 e. The van der Waals surface area contributed by atoms with Gasteiger partial charge in [0.05, 0.1) is 45.5 Å². The number of hydrogen-bond acceptors (Lipinski definition) is 31. The monoisotopic (exact) mass is 1980 g/mol. The molecule has 8 aromatic rings. The van der Waals surface area contributed by atoms with Gasteiger partial charge in [-0.2, -0.15) is 0 Å². The highest BCUT2D eigenvalue weighted by atomic mass is 32.1. The van der Waals surface area contributed by atoms with Crippen molar-refractivity contribution in [2.24, 2.45) is 43.3 Å². The fourth-order valence-corrected chi connectivity index (χ4v) is 16.0. The molecule has 31 heteroatoms. The standard InChI is InChI=1S/C15H26N2OS.C14H24N2OS.2C13H22N2OS.2C12H20N2OS.C11H18N2OS.C11H17NOS/c1-7-17(8-2)12-11(13(18)14(12)19)16(6)10-9-15(3,4)5;1-7-15(5)11-10(12(17)13(11)18)16(6)9-8-14(2,3)4;1-13(2,3)7-8-15(6)9-10(14(4)5)12(17)11(9)16;1-6-14-9-10(11(16)12(9)17)15(5)8-7-13(2,3)4;2*1-12(2,3)6-5-7-14(4)9-8(13)11(16)10(9)15;1-11(2,3)5-6-13(4)8-7(12)10(15)9(8)14;1-11(2,3)6-4-5-7-8(12)10(14)9(7)13/h7-10H2,1-6H3;7-9H2,1-6H3;7-8H2,1-6H3;14H,6-8H2,1-5H3;2*5-7,13H2,1-4H3;5-6,12H2,1-4H3;4-6,12H2,1-3H3. The summed E-state index contributed by atoms with van der Waals surface area (Å²) < 4.78 is 3.09. The van der Waals surface area contributed by atoms with Gasteiger partial charge < -0.3 is 77.3 Å². The average Bonchev–Trinajstić information content (AvgIpc) is 0.763. The summed E-state index contributed by atoms with van der Waals surface area (Å²) in [5.74, 6) is 0. The van der Waals surface area contributed by atoms with Crippen molar-refractivity contribution in [3.63, 3.8) is 0 Å². The lowest BCUT2D eigenvalue weighted by Crippen LogP contribution is -2.36. The van der Waals surface area contributed by atoms with Crippen LogP contribution in [0, 0.1) is 79.4 Å². The zero-order chi connectivity index (χ0) is 103. The van der Waals surface area contributed by atoms with E-state index in [0.717, 1.165) is 200 Å². The Balaban J connectivity index is 0.000000755. The number of rotatable bonds is 34. The van der Waals surface area contributed by atoms with Gasteiger partial charge in [-0.3, -0.25) is 38.4 Å². The molecular formula is C101H169N15O8S8. The Labute approximate surface area is 834 Å². The highest BCUT2D eigenvalue weighted by molar-refractivity contribution is 7.73. The number of nitrogen functional groups attached to an aromatic ring is 4. The first kappa shape index (κ1) is 123. The average molecular weight is 1980 g/mol. The van der Waals surface area contributed by atoms with Crippen LogP contribution >= 0.6 is 97.7 Å². The van der Waals surface area contributed by atoms with Crippen molar-refractivity contribution in [1.82, 2.24) is 0 Å². The molecule has 0 amide bonds. The van der Waals surface area contributed by atoms with Gasteiger partial charge in [0.25, 0.3) is 0 Å². The lowest BCUT2D eigenvalue weighted by molar-refractivity contribution is 0.365. The van der Waals surface area contributed by atoms with E-state index in [-0.39, 0.29) is 84.0 Å². The molecule has 23 nitrogen and oxygen atoms in total. The van der Waals surface area contributed by atoms with E-state index in [2.05, 4.69) is 202 Å². The molecule has 0 aliphatic heterocycles. The van der Waals surface area contributed by atoms with E-state index in [9.17, 15) is 38.4 Å². The fourth-order valence-electron chi connectivity index (χ4n) is 13.8. The van der Waals surface area contributed by atoms with Gasteiger partial charge in [-0.05, 0) is 148 Å². The molecule has 0 fully saturated rings. The highest BCUT2D eigenvalue weighted by Gasteiger charge is 2.31. The quantitative estimate of drug-likeness (QED) is 0.0234. The SMILES string of the molecule is CC(C)(C)CCCc1c(N)c(=S)c1=O.CCN(C)c1c(N(C)CCC(C)(C)C)c(=O)c1=S.CCN(CC)c1c(N(C)CCC(C)(C)C)c(=O)c1=S.CCNc1c(N(C)CCC(C)(C)C)c(=O)c1=S.CN(C)c1c(N(C)CCC(C)(C)C)c(=O)c1=S.CN(CCC(C)(C)C)c1c(N)c(=S)c1=O.CN(CCCC(C)(C)C)c1c(N)c(=S)c1=O.CN(CCCC(C)(C)C)c1c(N)c(=S)c1=O. The predicted molar refractivity (Wildman–Crippen MR) is 599 cm³/mol. The first-order valence-corrected chi connectivity index (χ1v) is 49.7. The second kappa shape index (κ2) is 51.4. The van der Waals surface area contributed by atoms with Crippen LogP contribution in [0.25, 0.3) is 0 Å². The van der Waals surface area contributed by atoms with Crippen molar-refractivity contribution in [1.29, 1.82) is 0 Å². The Hall–Kier alpha value is -7.00. The third-order valence-corrected chi connectivity index (χ3v) is 26.0. The maximum Gasteiger partial charge on any atom is 0.224 e. The highest BCUT2D eigenvalue weighted by Crippen LogP contribution is 2.37. The minimum absolute atomic E-state index is 0.00681. The van der Waals surface area contributed by atoms with Gasteiger partial charge in [-0.15, -0.1) is 0 Å². The number of hydrogen-bond donors (Lipinski definition) is 5. The Bertz CT molecular complexity index is 5570. The molecule has 0 aliphatic rings.